The Bertz CT molecular complexity index is 510. The Labute approximate surface area is 78.8 Å². The maximum Gasteiger partial charge on any atom is 0.282 e. The van der Waals surface area contributed by atoms with Gasteiger partial charge in [-0.1, -0.05) is 0 Å². The van der Waals surface area contributed by atoms with Crippen LogP contribution in [0.1, 0.15) is 0 Å². The van der Waals surface area contributed by atoms with Crippen molar-refractivity contribution in [2.24, 2.45) is 0 Å². The number of aromatic hydroxyl groups is 1. The van der Waals surface area contributed by atoms with E-state index in [1.165, 1.54) is 12.3 Å². The molecule has 0 unspecified atom stereocenters. The Morgan fingerprint density at radius 2 is 2.21 bits per heavy atom. The van der Waals surface area contributed by atoms with Crippen molar-refractivity contribution < 1.29 is 10.0 Å². The molecule has 1 aromatic carbocycles. The third-order valence-electron chi connectivity index (χ3n) is 1.88. The monoisotopic (exact) mass is 190 g/mol. The second kappa shape index (κ2) is 2.95. The molecule has 14 heavy (non-hydrogen) atoms. The summed E-state index contributed by atoms with van der Waals surface area (Å²) in [4.78, 5) is 14.0. The van der Waals surface area contributed by atoms with E-state index in [0.717, 1.165) is 6.07 Å². The number of rotatable bonds is 1. The van der Waals surface area contributed by atoms with Gasteiger partial charge in [-0.25, -0.2) is 0 Å². The van der Waals surface area contributed by atoms with E-state index in [2.05, 4.69) is 4.98 Å². The van der Waals surface area contributed by atoms with Crippen LogP contribution in [0.3, 0.4) is 0 Å². The van der Waals surface area contributed by atoms with Gasteiger partial charge in [0.15, 0.2) is 0 Å². The molecule has 0 saturated carbocycles. The maximum absolute atomic E-state index is 10.6. The van der Waals surface area contributed by atoms with E-state index < -0.39 is 4.92 Å². The van der Waals surface area contributed by atoms with Gasteiger partial charge in [0, 0.05) is 12.3 Å². The standard InChI is InChI=1S/C9H6N2O3/c12-6-4-8-7(2-1-3-10-8)9(5-6)11(13)14/h1-5,12H. The lowest BCUT2D eigenvalue weighted by Gasteiger charge is -1.99. The second-order valence-electron chi connectivity index (χ2n) is 2.79. The van der Waals surface area contributed by atoms with Crippen LogP contribution in [-0.4, -0.2) is 15.0 Å². The normalized spacial score (nSPS) is 10.3. The molecule has 70 valence electrons. The average molecular weight is 190 g/mol. The first-order valence-electron chi connectivity index (χ1n) is 3.90. The van der Waals surface area contributed by atoms with Gasteiger partial charge >= 0.3 is 0 Å². The van der Waals surface area contributed by atoms with Crippen molar-refractivity contribution in [1.82, 2.24) is 4.98 Å². The van der Waals surface area contributed by atoms with Gasteiger partial charge in [0.1, 0.15) is 5.75 Å². The predicted octanol–water partition coefficient (Wildman–Crippen LogP) is 1.85. The number of nitrogens with zero attached hydrogens (tertiary/aromatic N) is 2. The average Bonchev–Trinajstić information content (AvgIpc) is 2.16. The summed E-state index contributed by atoms with van der Waals surface area (Å²) in [6, 6.07) is 5.72. The number of benzene rings is 1. The molecular weight excluding hydrogens is 184 g/mol. The fraction of sp³-hybridized carbons (Fsp3) is 0. The molecule has 0 aliphatic heterocycles. The van der Waals surface area contributed by atoms with Crippen molar-refractivity contribution in [3.63, 3.8) is 0 Å². The van der Waals surface area contributed by atoms with Gasteiger partial charge in [-0.2, -0.15) is 0 Å². The molecule has 0 saturated heterocycles. The molecule has 1 aromatic heterocycles. The number of hydrogen-bond donors (Lipinski definition) is 1. The first kappa shape index (κ1) is 8.43. The Kier molecular flexibility index (Phi) is 1.78. The van der Waals surface area contributed by atoms with E-state index in [-0.39, 0.29) is 11.4 Å². The zero-order valence-electron chi connectivity index (χ0n) is 7.04. The SMILES string of the molecule is O=[N+]([O-])c1cc(O)cc2ncccc12. The molecule has 2 aromatic rings. The molecule has 0 amide bonds. The predicted molar refractivity (Wildman–Crippen MR) is 50.1 cm³/mol. The van der Waals surface area contributed by atoms with E-state index in [1.54, 1.807) is 12.1 Å². The quantitative estimate of drug-likeness (QED) is 0.549. The molecular formula is C9H6N2O3. The first-order chi connectivity index (χ1) is 6.68. The zero-order valence-corrected chi connectivity index (χ0v) is 7.04. The molecule has 5 nitrogen and oxygen atoms in total. The molecule has 2 rings (SSSR count). The lowest BCUT2D eigenvalue weighted by molar-refractivity contribution is -0.383. The molecule has 5 heteroatoms. The van der Waals surface area contributed by atoms with Gasteiger partial charge in [0.2, 0.25) is 0 Å². The number of aromatic nitrogens is 1. The van der Waals surface area contributed by atoms with Crippen molar-refractivity contribution in [3.05, 3.63) is 40.6 Å². The summed E-state index contributed by atoms with van der Waals surface area (Å²) in [7, 11) is 0. The topological polar surface area (TPSA) is 76.3 Å². The molecule has 0 bridgehead atoms. The zero-order chi connectivity index (χ0) is 10.1. The highest BCUT2D eigenvalue weighted by atomic mass is 16.6. The minimum atomic E-state index is -0.538. The highest BCUT2D eigenvalue weighted by molar-refractivity contribution is 5.89. The summed E-state index contributed by atoms with van der Waals surface area (Å²) in [5.41, 5.74) is 0.285. The first-order valence-corrected chi connectivity index (χ1v) is 3.90. The fourth-order valence-corrected chi connectivity index (χ4v) is 1.30. The van der Waals surface area contributed by atoms with Crippen LogP contribution in [0.5, 0.6) is 5.75 Å². The molecule has 0 aliphatic rings. The summed E-state index contributed by atoms with van der Waals surface area (Å²) in [5, 5.41) is 20.3. The smallest absolute Gasteiger partial charge is 0.282 e. The maximum atomic E-state index is 10.6. The highest BCUT2D eigenvalue weighted by Crippen LogP contribution is 2.28. The molecule has 1 N–H and O–H groups in total. The molecule has 0 aliphatic carbocycles. The number of nitro groups is 1. The third kappa shape index (κ3) is 1.24. The van der Waals surface area contributed by atoms with Crippen molar-refractivity contribution in [1.29, 1.82) is 0 Å². The number of fused-ring (bicyclic) bond motifs is 1. The summed E-state index contributed by atoms with van der Waals surface area (Å²) in [6.07, 6.45) is 1.52. The van der Waals surface area contributed by atoms with Crippen LogP contribution in [-0.2, 0) is 0 Å². The molecule has 0 spiro atoms. The minimum Gasteiger partial charge on any atom is -0.508 e. The lowest BCUT2D eigenvalue weighted by atomic mass is 10.2. The van der Waals surface area contributed by atoms with Crippen molar-refractivity contribution >= 4 is 16.6 Å². The van der Waals surface area contributed by atoms with E-state index >= 15 is 0 Å². The molecule has 0 fully saturated rings. The van der Waals surface area contributed by atoms with Crippen LogP contribution in [0.25, 0.3) is 10.9 Å². The van der Waals surface area contributed by atoms with Gasteiger partial charge in [0.05, 0.1) is 21.9 Å². The van der Waals surface area contributed by atoms with E-state index in [9.17, 15) is 15.2 Å². The van der Waals surface area contributed by atoms with Gasteiger partial charge in [-0.3, -0.25) is 15.1 Å². The fourth-order valence-electron chi connectivity index (χ4n) is 1.30. The van der Waals surface area contributed by atoms with Crippen LogP contribution < -0.4 is 0 Å². The van der Waals surface area contributed by atoms with Crippen molar-refractivity contribution in [2.45, 2.75) is 0 Å². The van der Waals surface area contributed by atoms with Crippen molar-refractivity contribution in [3.8, 4) is 5.75 Å². The largest absolute Gasteiger partial charge is 0.508 e. The van der Waals surface area contributed by atoms with Crippen LogP contribution >= 0.6 is 0 Å². The van der Waals surface area contributed by atoms with Crippen LogP contribution in [0, 0.1) is 10.1 Å². The second-order valence-corrected chi connectivity index (χ2v) is 2.79. The number of phenols is 1. The Morgan fingerprint density at radius 3 is 2.93 bits per heavy atom. The minimum absolute atomic E-state index is 0.131. The van der Waals surface area contributed by atoms with E-state index in [4.69, 9.17) is 0 Å². The Hall–Kier alpha value is -2.17. The highest BCUT2D eigenvalue weighted by Gasteiger charge is 2.13. The number of nitro benzene ring substituents is 1. The van der Waals surface area contributed by atoms with Crippen LogP contribution in [0.4, 0.5) is 5.69 Å². The summed E-state index contributed by atoms with van der Waals surface area (Å²) in [5.74, 6) is -0.150. The number of non-ortho nitro benzene ring substituents is 1. The Morgan fingerprint density at radius 1 is 1.43 bits per heavy atom. The molecule has 0 atom stereocenters. The van der Waals surface area contributed by atoms with Crippen molar-refractivity contribution in [2.75, 3.05) is 0 Å². The summed E-state index contributed by atoms with van der Waals surface area (Å²) in [6.45, 7) is 0. The van der Waals surface area contributed by atoms with Crippen LogP contribution in [0.2, 0.25) is 0 Å². The molecule has 0 radical (unpaired) electrons. The lowest BCUT2D eigenvalue weighted by Crippen LogP contribution is -1.90. The number of hydrogen-bond acceptors (Lipinski definition) is 4. The van der Waals surface area contributed by atoms with Gasteiger partial charge in [-0.15, -0.1) is 0 Å². The third-order valence-corrected chi connectivity index (χ3v) is 1.88. The Balaban J connectivity index is 2.87. The summed E-state index contributed by atoms with van der Waals surface area (Å²) >= 11 is 0. The molecule has 1 heterocycles. The van der Waals surface area contributed by atoms with Gasteiger partial charge in [0.25, 0.3) is 5.69 Å². The van der Waals surface area contributed by atoms with E-state index in [1.807, 2.05) is 0 Å². The van der Waals surface area contributed by atoms with Crippen LogP contribution in [0.15, 0.2) is 30.5 Å². The summed E-state index contributed by atoms with van der Waals surface area (Å²) < 4.78 is 0. The van der Waals surface area contributed by atoms with Gasteiger partial charge < -0.3 is 5.11 Å². The van der Waals surface area contributed by atoms with Gasteiger partial charge in [-0.05, 0) is 12.1 Å². The number of pyridine rings is 1. The van der Waals surface area contributed by atoms with E-state index in [0.29, 0.717) is 10.9 Å². The number of phenolic OH excluding ortho intramolecular Hbond substituents is 1.